The van der Waals surface area contributed by atoms with Gasteiger partial charge in [-0.05, 0) is 39.1 Å². The molecule has 0 aliphatic rings. The van der Waals surface area contributed by atoms with E-state index in [0.29, 0.717) is 17.9 Å². The number of ketones is 1. The molecule has 0 amide bonds. The van der Waals surface area contributed by atoms with Crippen molar-refractivity contribution in [3.63, 3.8) is 0 Å². The molecule has 0 radical (unpaired) electrons. The average Bonchev–Trinajstić information content (AvgIpc) is 2.51. The maximum atomic E-state index is 12.5. The van der Waals surface area contributed by atoms with Gasteiger partial charge in [-0.1, -0.05) is 26.0 Å². The standard InChI is InChI=1S/C17H28N2O2/c1-5-19(6-2)13-12-18-14(4)17(20)15-10-8-9-11-16(15)21-7-3/h8-11,14,18H,5-7,12-13H2,1-4H3. The number of Topliss-reactive ketones (excluding diaryl/α,β-unsaturated/α-hetero) is 1. The molecule has 0 bridgehead atoms. The monoisotopic (exact) mass is 292 g/mol. The van der Waals surface area contributed by atoms with Crippen LogP contribution in [0, 0.1) is 0 Å². The largest absolute Gasteiger partial charge is 0.493 e. The molecule has 1 aromatic carbocycles. The summed E-state index contributed by atoms with van der Waals surface area (Å²) in [6, 6.07) is 7.23. The minimum absolute atomic E-state index is 0.0820. The summed E-state index contributed by atoms with van der Waals surface area (Å²) >= 11 is 0. The molecule has 118 valence electrons. The molecule has 1 unspecified atom stereocenters. The van der Waals surface area contributed by atoms with Crippen molar-refractivity contribution in [2.75, 3.05) is 32.8 Å². The van der Waals surface area contributed by atoms with Crippen LogP contribution < -0.4 is 10.1 Å². The molecule has 1 aromatic rings. The Morgan fingerprint density at radius 3 is 2.52 bits per heavy atom. The van der Waals surface area contributed by atoms with Gasteiger partial charge in [0.1, 0.15) is 5.75 Å². The first-order valence-corrected chi connectivity index (χ1v) is 7.85. The lowest BCUT2D eigenvalue weighted by molar-refractivity contribution is 0.0945. The summed E-state index contributed by atoms with van der Waals surface area (Å²) in [5.41, 5.74) is 0.655. The second-order valence-corrected chi connectivity index (χ2v) is 5.00. The molecule has 1 N–H and O–H groups in total. The zero-order valence-electron chi connectivity index (χ0n) is 13.7. The van der Waals surface area contributed by atoms with Gasteiger partial charge in [0.05, 0.1) is 18.2 Å². The van der Waals surface area contributed by atoms with E-state index in [1.165, 1.54) is 0 Å². The number of nitrogens with zero attached hydrogens (tertiary/aromatic N) is 1. The fourth-order valence-corrected chi connectivity index (χ4v) is 2.26. The van der Waals surface area contributed by atoms with E-state index < -0.39 is 0 Å². The third-order valence-corrected chi connectivity index (χ3v) is 3.62. The molecular formula is C17H28N2O2. The highest BCUT2D eigenvalue weighted by atomic mass is 16.5. The third kappa shape index (κ3) is 5.48. The Hall–Kier alpha value is -1.39. The number of hydrogen-bond acceptors (Lipinski definition) is 4. The van der Waals surface area contributed by atoms with Crippen LogP contribution in [0.25, 0.3) is 0 Å². The fourth-order valence-electron chi connectivity index (χ4n) is 2.26. The summed E-state index contributed by atoms with van der Waals surface area (Å²) in [4.78, 5) is 14.8. The van der Waals surface area contributed by atoms with E-state index in [0.717, 1.165) is 26.2 Å². The molecule has 0 saturated heterocycles. The number of carbonyl (C=O) groups excluding carboxylic acids is 1. The minimum atomic E-state index is -0.206. The number of likely N-dealkylation sites (N-methyl/N-ethyl adjacent to an activating group) is 1. The number of benzene rings is 1. The van der Waals surface area contributed by atoms with E-state index in [1.807, 2.05) is 38.1 Å². The maximum absolute atomic E-state index is 12.5. The second kappa shape index (κ2) is 9.53. The summed E-state index contributed by atoms with van der Waals surface area (Å²) in [5, 5.41) is 3.30. The Morgan fingerprint density at radius 2 is 1.90 bits per heavy atom. The molecule has 0 saturated carbocycles. The number of carbonyl (C=O) groups is 1. The van der Waals surface area contributed by atoms with Crippen LogP contribution >= 0.6 is 0 Å². The van der Waals surface area contributed by atoms with Crippen LogP contribution in [0.15, 0.2) is 24.3 Å². The molecule has 1 rings (SSSR count). The molecule has 0 heterocycles. The molecule has 21 heavy (non-hydrogen) atoms. The highest BCUT2D eigenvalue weighted by Gasteiger charge is 2.18. The van der Waals surface area contributed by atoms with Gasteiger partial charge in [0.2, 0.25) is 0 Å². The van der Waals surface area contributed by atoms with Gasteiger partial charge in [-0.15, -0.1) is 0 Å². The highest BCUT2D eigenvalue weighted by molar-refractivity contribution is 6.02. The average molecular weight is 292 g/mol. The van der Waals surface area contributed by atoms with E-state index in [9.17, 15) is 4.79 Å². The van der Waals surface area contributed by atoms with E-state index in [4.69, 9.17) is 4.74 Å². The zero-order valence-corrected chi connectivity index (χ0v) is 13.7. The number of para-hydroxylation sites is 1. The Bertz CT molecular complexity index is 431. The van der Waals surface area contributed by atoms with Crippen molar-refractivity contribution in [3.8, 4) is 5.75 Å². The minimum Gasteiger partial charge on any atom is -0.493 e. The van der Waals surface area contributed by atoms with Crippen LogP contribution in [0.3, 0.4) is 0 Å². The first-order chi connectivity index (χ1) is 10.1. The van der Waals surface area contributed by atoms with Crippen LogP contribution in [0.5, 0.6) is 5.75 Å². The van der Waals surface area contributed by atoms with E-state index in [2.05, 4.69) is 24.1 Å². The van der Waals surface area contributed by atoms with E-state index >= 15 is 0 Å². The number of hydrogen-bond donors (Lipinski definition) is 1. The fraction of sp³-hybridized carbons (Fsp3) is 0.588. The van der Waals surface area contributed by atoms with Crippen molar-refractivity contribution in [1.82, 2.24) is 10.2 Å². The quantitative estimate of drug-likeness (QED) is 0.673. The normalized spacial score (nSPS) is 12.4. The Labute approximate surface area is 128 Å². The molecule has 4 heteroatoms. The van der Waals surface area contributed by atoms with Gasteiger partial charge in [0, 0.05) is 13.1 Å². The lowest BCUT2D eigenvalue weighted by Gasteiger charge is -2.20. The number of ether oxygens (including phenoxy) is 1. The molecule has 0 fully saturated rings. The van der Waals surface area contributed by atoms with Gasteiger partial charge in [-0.3, -0.25) is 4.79 Å². The van der Waals surface area contributed by atoms with Crippen molar-refractivity contribution >= 4 is 5.78 Å². The number of rotatable bonds is 10. The molecule has 0 spiro atoms. The summed E-state index contributed by atoms with van der Waals surface area (Å²) < 4.78 is 5.53. The van der Waals surface area contributed by atoms with E-state index in [1.54, 1.807) is 0 Å². The smallest absolute Gasteiger partial charge is 0.183 e. The molecule has 4 nitrogen and oxygen atoms in total. The predicted molar refractivity (Wildman–Crippen MR) is 87.2 cm³/mol. The van der Waals surface area contributed by atoms with Gasteiger partial charge in [-0.2, -0.15) is 0 Å². The Kier molecular flexibility index (Phi) is 8.01. The van der Waals surface area contributed by atoms with Gasteiger partial charge < -0.3 is 15.0 Å². The van der Waals surface area contributed by atoms with Crippen molar-refractivity contribution in [2.45, 2.75) is 33.7 Å². The van der Waals surface area contributed by atoms with Crippen molar-refractivity contribution < 1.29 is 9.53 Å². The third-order valence-electron chi connectivity index (χ3n) is 3.62. The molecule has 0 aliphatic heterocycles. The van der Waals surface area contributed by atoms with Crippen LogP contribution in [-0.4, -0.2) is 49.5 Å². The van der Waals surface area contributed by atoms with Gasteiger partial charge in [0.25, 0.3) is 0 Å². The van der Waals surface area contributed by atoms with Crippen molar-refractivity contribution in [1.29, 1.82) is 0 Å². The maximum Gasteiger partial charge on any atom is 0.183 e. The van der Waals surface area contributed by atoms with Gasteiger partial charge in [-0.25, -0.2) is 0 Å². The molecular weight excluding hydrogens is 264 g/mol. The molecule has 0 aliphatic carbocycles. The first kappa shape index (κ1) is 17.7. The Morgan fingerprint density at radius 1 is 1.24 bits per heavy atom. The SMILES string of the molecule is CCOc1ccccc1C(=O)C(C)NCCN(CC)CC. The Balaban J connectivity index is 2.58. The summed E-state index contributed by atoms with van der Waals surface area (Å²) in [6.07, 6.45) is 0. The highest BCUT2D eigenvalue weighted by Crippen LogP contribution is 2.19. The van der Waals surface area contributed by atoms with Crippen molar-refractivity contribution in [2.24, 2.45) is 0 Å². The zero-order chi connectivity index (χ0) is 15.7. The van der Waals surface area contributed by atoms with E-state index in [-0.39, 0.29) is 11.8 Å². The lowest BCUT2D eigenvalue weighted by atomic mass is 10.0. The van der Waals surface area contributed by atoms with Crippen LogP contribution in [0.4, 0.5) is 0 Å². The lowest BCUT2D eigenvalue weighted by Crippen LogP contribution is -2.39. The second-order valence-electron chi connectivity index (χ2n) is 5.00. The summed E-state index contributed by atoms with van der Waals surface area (Å²) in [5.74, 6) is 0.751. The summed E-state index contributed by atoms with van der Waals surface area (Å²) in [7, 11) is 0. The first-order valence-electron chi connectivity index (χ1n) is 7.85. The van der Waals surface area contributed by atoms with Crippen molar-refractivity contribution in [3.05, 3.63) is 29.8 Å². The van der Waals surface area contributed by atoms with Crippen LogP contribution in [-0.2, 0) is 0 Å². The summed E-state index contributed by atoms with van der Waals surface area (Å²) in [6.45, 7) is 12.5. The topological polar surface area (TPSA) is 41.6 Å². The van der Waals surface area contributed by atoms with Gasteiger partial charge >= 0.3 is 0 Å². The van der Waals surface area contributed by atoms with Crippen LogP contribution in [0.1, 0.15) is 38.1 Å². The van der Waals surface area contributed by atoms with Crippen LogP contribution in [0.2, 0.25) is 0 Å². The number of nitrogens with one attached hydrogen (secondary N) is 1. The molecule has 0 aromatic heterocycles. The van der Waals surface area contributed by atoms with Gasteiger partial charge in [0.15, 0.2) is 5.78 Å². The molecule has 1 atom stereocenters. The predicted octanol–water partition coefficient (Wildman–Crippen LogP) is 2.59.